The number of H-pyrrole nitrogens is 1. The Bertz CT molecular complexity index is 1030. The van der Waals surface area contributed by atoms with Crippen LogP contribution in [0.1, 0.15) is 18.4 Å². The lowest BCUT2D eigenvalue weighted by molar-refractivity contribution is -0.133. The summed E-state index contributed by atoms with van der Waals surface area (Å²) in [4.78, 5) is 30.7. The summed E-state index contributed by atoms with van der Waals surface area (Å²) < 4.78 is 5.30. The van der Waals surface area contributed by atoms with Gasteiger partial charge in [0.25, 0.3) is 0 Å². The van der Waals surface area contributed by atoms with Gasteiger partial charge in [0.2, 0.25) is 11.8 Å². The molecule has 0 aliphatic carbocycles. The van der Waals surface area contributed by atoms with Crippen molar-refractivity contribution in [3.8, 4) is 5.75 Å². The zero-order valence-electron chi connectivity index (χ0n) is 16.5. The molecular formula is C23H25N3O3. The topological polar surface area (TPSA) is 74.4 Å². The fourth-order valence-corrected chi connectivity index (χ4v) is 3.95. The largest absolute Gasteiger partial charge is 0.495 e. The number of para-hydroxylation sites is 3. The normalized spacial score (nSPS) is 16.6. The van der Waals surface area contributed by atoms with E-state index in [1.165, 1.54) is 0 Å². The Morgan fingerprint density at radius 1 is 1.17 bits per heavy atom. The molecule has 29 heavy (non-hydrogen) atoms. The first-order valence-corrected chi connectivity index (χ1v) is 9.92. The summed E-state index contributed by atoms with van der Waals surface area (Å²) in [6, 6.07) is 15.3. The number of nitrogens with one attached hydrogen (secondary N) is 2. The number of carbonyl (C=O) groups excluding carboxylic acids is 2. The van der Waals surface area contributed by atoms with Crippen LogP contribution in [0.4, 0.5) is 5.69 Å². The van der Waals surface area contributed by atoms with Crippen LogP contribution in [0, 0.1) is 5.92 Å². The van der Waals surface area contributed by atoms with E-state index in [0.717, 1.165) is 29.3 Å². The van der Waals surface area contributed by atoms with Crippen LogP contribution in [-0.4, -0.2) is 41.9 Å². The molecule has 0 unspecified atom stereocenters. The molecule has 1 aliphatic heterocycles. The number of hydrogen-bond donors (Lipinski definition) is 2. The lowest BCUT2D eigenvalue weighted by Gasteiger charge is -2.32. The number of aromatic nitrogens is 1. The summed E-state index contributed by atoms with van der Waals surface area (Å²) in [6.45, 7) is 1.14. The van der Waals surface area contributed by atoms with E-state index in [2.05, 4.69) is 10.3 Å². The molecular weight excluding hydrogens is 366 g/mol. The van der Waals surface area contributed by atoms with Crippen molar-refractivity contribution < 1.29 is 14.3 Å². The highest BCUT2D eigenvalue weighted by Crippen LogP contribution is 2.26. The van der Waals surface area contributed by atoms with Gasteiger partial charge < -0.3 is 19.9 Å². The van der Waals surface area contributed by atoms with Gasteiger partial charge in [-0.1, -0.05) is 30.3 Å². The predicted octanol–water partition coefficient (Wildman–Crippen LogP) is 3.60. The number of rotatable bonds is 5. The molecule has 1 saturated heterocycles. The number of fused-ring (bicyclic) bond motifs is 1. The fraction of sp³-hybridized carbons (Fsp3) is 0.304. The lowest BCUT2D eigenvalue weighted by Crippen LogP contribution is -2.44. The summed E-state index contributed by atoms with van der Waals surface area (Å²) in [5.74, 6) is 0.396. The van der Waals surface area contributed by atoms with Crippen LogP contribution < -0.4 is 10.1 Å². The molecule has 2 heterocycles. The Labute approximate surface area is 169 Å². The van der Waals surface area contributed by atoms with Crippen LogP contribution in [0.2, 0.25) is 0 Å². The summed E-state index contributed by atoms with van der Waals surface area (Å²) in [7, 11) is 1.58. The summed E-state index contributed by atoms with van der Waals surface area (Å²) in [5.41, 5.74) is 2.68. The Morgan fingerprint density at radius 2 is 1.97 bits per heavy atom. The van der Waals surface area contributed by atoms with Crippen molar-refractivity contribution in [2.24, 2.45) is 5.92 Å². The minimum absolute atomic E-state index is 0.0598. The number of nitrogens with zero attached hydrogens (tertiary/aromatic N) is 1. The van der Waals surface area contributed by atoms with Gasteiger partial charge in [0, 0.05) is 30.2 Å². The van der Waals surface area contributed by atoms with Gasteiger partial charge in [-0.05, 0) is 36.6 Å². The quantitative estimate of drug-likeness (QED) is 0.698. The zero-order valence-corrected chi connectivity index (χ0v) is 16.5. The smallest absolute Gasteiger partial charge is 0.229 e. The van der Waals surface area contributed by atoms with E-state index in [0.29, 0.717) is 30.9 Å². The van der Waals surface area contributed by atoms with Gasteiger partial charge in [-0.3, -0.25) is 9.59 Å². The molecule has 1 fully saturated rings. The molecule has 6 nitrogen and oxygen atoms in total. The molecule has 6 heteroatoms. The van der Waals surface area contributed by atoms with Crippen molar-refractivity contribution in [3.63, 3.8) is 0 Å². The molecule has 150 valence electrons. The number of methoxy groups -OCH3 is 1. The van der Waals surface area contributed by atoms with E-state index < -0.39 is 0 Å². The third-order valence-electron chi connectivity index (χ3n) is 5.53. The monoisotopic (exact) mass is 391 g/mol. The Balaban J connectivity index is 1.41. The van der Waals surface area contributed by atoms with Crippen LogP contribution >= 0.6 is 0 Å². The first kappa shape index (κ1) is 19.1. The number of likely N-dealkylation sites (tertiary alicyclic amines) is 1. The van der Waals surface area contributed by atoms with Crippen molar-refractivity contribution in [2.45, 2.75) is 19.3 Å². The van der Waals surface area contributed by atoms with E-state index in [1.807, 2.05) is 59.6 Å². The molecule has 0 radical (unpaired) electrons. The summed E-state index contributed by atoms with van der Waals surface area (Å²) in [5, 5.41) is 4.03. The molecule has 2 N–H and O–H groups in total. The number of benzene rings is 2. The number of anilines is 1. The maximum Gasteiger partial charge on any atom is 0.229 e. The zero-order chi connectivity index (χ0) is 20.2. The summed E-state index contributed by atoms with van der Waals surface area (Å²) in [6.07, 6.45) is 3.84. The van der Waals surface area contributed by atoms with Crippen molar-refractivity contribution in [3.05, 3.63) is 60.3 Å². The number of hydrogen-bond acceptors (Lipinski definition) is 3. The number of ether oxygens (including phenoxy) is 1. The molecule has 1 atom stereocenters. The van der Waals surface area contributed by atoms with Crippen LogP contribution in [0.25, 0.3) is 10.9 Å². The van der Waals surface area contributed by atoms with E-state index >= 15 is 0 Å². The number of piperidine rings is 1. The summed E-state index contributed by atoms with van der Waals surface area (Å²) >= 11 is 0. The van der Waals surface area contributed by atoms with Crippen LogP contribution in [0.3, 0.4) is 0 Å². The Kier molecular flexibility index (Phi) is 5.51. The van der Waals surface area contributed by atoms with Crippen molar-refractivity contribution in [1.82, 2.24) is 9.88 Å². The molecule has 0 bridgehead atoms. The van der Waals surface area contributed by atoms with E-state index in [-0.39, 0.29) is 17.7 Å². The number of aromatic amines is 1. The van der Waals surface area contributed by atoms with Crippen LogP contribution in [0.5, 0.6) is 5.75 Å². The molecule has 1 aliphatic rings. The second-order valence-corrected chi connectivity index (χ2v) is 7.40. The lowest BCUT2D eigenvalue weighted by atomic mass is 9.96. The Morgan fingerprint density at radius 3 is 2.83 bits per heavy atom. The number of amides is 2. The van der Waals surface area contributed by atoms with Crippen molar-refractivity contribution >= 4 is 28.4 Å². The third kappa shape index (κ3) is 4.11. The van der Waals surface area contributed by atoms with Gasteiger partial charge in [-0.25, -0.2) is 0 Å². The van der Waals surface area contributed by atoms with Gasteiger partial charge in [-0.15, -0.1) is 0 Å². The van der Waals surface area contributed by atoms with Crippen LogP contribution in [-0.2, 0) is 16.0 Å². The second-order valence-electron chi connectivity index (χ2n) is 7.40. The Hall–Kier alpha value is -3.28. The fourth-order valence-electron chi connectivity index (χ4n) is 3.95. The second kappa shape index (κ2) is 8.39. The van der Waals surface area contributed by atoms with Gasteiger partial charge in [0.1, 0.15) is 5.75 Å². The van der Waals surface area contributed by atoms with E-state index in [9.17, 15) is 9.59 Å². The predicted molar refractivity (Wildman–Crippen MR) is 113 cm³/mol. The molecule has 0 saturated carbocycles. The van der Waals surface area contributed by atoms with E-state index in [4.69, 9.17) is 4.74 Å². The maximum absolute atomic E-state index is 12.9. The minimum Gasteiger partial charge on any atom is -0.495 e. The van der Waals surface area contributed by atoms with Gasteiger partial charge >= 0.3 is 0 Å². The highest BCUT2D eigenvalue weighted by molar-refractivity contribution is 5.95. The van der Waals surface area contributed by atoms with Gasteiger partial charge in [0.15, 0.2) is 0 Å². The number of carbonyl (C=O) groups is 2. The molecule has 3 aromatic rings. The van der Waals surface area contributed by atoms with Crippen LogP contribution in [0.15, 0.2) is 54.7 Å². The minimum atomic E-state index is -0.222. The highest BCUT2D eigenvalue weighted by Gasteiger charge is 2.29. The van der Waals surface area contributed by atoms with Gasteiger partial charge in [0.05, 0.1) is 25.1 Å². The third-order valence-corrected chi connectivity index (χ3v) is 5.53. The average Bonchev–Trinajstić information content (AvgIpc) is 3.17. The SMILES string of the molecule is COc1ccccc1NC(=O)[C@@H]1CCCN(C(=O)Cc2c[nH]c3ccccc23)C1. The first-order chi connectivity index (χ1) is 14.2. The average molecular weight is 391 g/mol. The standard InChI is InChI=1S/C23H25N3O3/c1-29-21-11-5-4-10-20(21)25-23(28)16-7-6-12-26(15-16)22(27)13-17-14-24-19-9-3-2-8-18(17)19/h2-5,8-11,14,16,24H,6-7,12-13,15H2,1H3,(H,25,28)/t16-/m1/s1. The van der Waals surface area contributed by atoms with Gasteiger partial charge in [-0.2, -0.15) is 0 Å². The first-order valence-electron chi connectivity index (χ1n) is 9.92. The highest BCUT2D eigenvalue weighted by atomic mass is 16.5. The van der Waals surface area contributed by atoms with Crippen molar-refractivity contribution in [1.29, 1.82) is 0 Å². The maximum atomic E-state index is 12.9. The van der Waals surface area contributed by atoms with Crippen molar-refractivity contribution in [2.75, 3.05) is 25.5 Å². The molecule has 1 aromatic heterocycles. The molecule has 4 rings (SSSR count). The molecule has 0 spiro atoms. The molecule has 2 aromatic carbocycles. The molecule has 2 amide bonds. The van der Waals surface area contributed by atoms with E-state index in [1.54, 1.807) is 7.11 Å².